The van der Waals surface area contributed by atoms with Gasteiger partial charge in [0.2, 0.25) is 16.8 Å². The van der Waals surface area contributed by atoms with Crippen LogP contribution in [0.4, 0.5) is 5.69 Å². The molecule has 1 aliphatic rings. The first-order valence-corrected chi connectivity index (χ1v) is 12.2. The number of benzene rings is 2. The van der Waals surface area contributed by atoms with Crippen LogP contribution >= 0.6 is 11.3 Å². The summed E-state index contributed by atoms with van der Waals surface area (Å²) in [5.41, 5.74) is 0.466. The Morgan fingerprint density at radius 1 is 1.09 bits per heavy atom. The van der Waals surface area contributed by atoms with Crippen molar-refractivity contribution >= 4 is 38.9 Å². The van der Waals surface area contributed by atoms with Crippen LogP contribution in [0.3, 0.4) is 0 Å². The highest BCUT2D eigenvalue weighted by atomic mass is 32.2. The topological polar surface area (TPSA) is 120 Å². The third kappa shape index (κ3) is 5.51. The molecule has 172 valence electrons. The number of amides is 1. The maximum atomic E-state index is 12.6. The third-order valence-corrected chi connectivity index (χ3v) is 6.97. The molecule has 2 aromatic carbocycles. The Labute approximate surface area is 194 Å². The van der Waals surface area contributed by atoms with Gasteiger partial charge in [0, 0.05) is 23.2 Å². The smallest absolute Gasteiger partial charge is 0.338 e. The highest BCUT2D eigenvalue weighted by molar-refractivity contribution is 7.89. The number of carbonyl (C=O) groups is 2. The lowest BCUT2D eigenvalue weighted by molar-refractivity contribution is -0.123. The SMILES string of the molecule is CC(OC(=O)c1cccc(S(=O)(=O)NCc2cccs2)c1)C(=O)Nc1ccc2c(c1)OCO2. The summed E-state index contributed by atoms with van der Waals surface area (Å²) in [6, 6.07) is 14.0. The van der Waals surface area contributed by atoms with E-state index in [-0.39, 0.29) is 23.8 Å². The predicted octanol–water partition coefficient (Wildman–Crippen LogP) is 3.14. The number of anilines is 1. The molecule has 0 radical (unpaired) electrons. The fourth-order valence-electron chi connectivity index (χ4n) is 2.95. The molecular formula is C22H20N2O7S2. The van der Waals surface area contributed by atoms with Crippen LogP contribution in [0.25, 0.3) is 0 Å². The third-order valence-electron chi connectivity index (χ3n) is 4.69. The number of nitrogens with one attached hydrogen (secondary N) is 2. The number of fused-ring (bicyclic) bond motifs is 1. The Morgan fingerprint density at radius 2 is 1.91 bits per heavy atom. The number of sulfonamides is 1. The number of ether oxygens (including phenoxy) is 3. The van der Waals surface area contributed by atoms with Crippen molar-refractivity contribution in [3.63, 3.8) is 0 Å². The van der Waals surface area contributed by atoms with Crippen molar-refractivity contribution in [3.05, 3.63) is 70.4 Å². The minimum Gasteiger partial charge on any atom is -0.454 e. The molecule has 33 heavy (non-hydrogen) atoms. The summed E-state index contributed by atoms with van der Waals surface area (Å²) in [4.78, 5) is 25.8. The number of esters is 1. The molecule has 9 nitrogen and oxygen atoms in total. The molecule has 0 spiro atoms. The molecule has 1 aromatic heterocycles. The fraction of sp³-hybridized carbons (Fsp3) is 0.182. The number of thiophene rings is 1. The van der Waals surface area contributed by atoms with Gasteiger partial charge in [0.25, 0.3) is 5.91 Å². The minimum atomic E-state index is -3.84. The van der Waals surface area contributed by atoms with Crippen LogP contribution in [-0.4, -0.2) is 33.2 Å². The summed E-state index contributed by atoms with van der Waals surface area (Å²) in [5, 5.41) is 4.49. The molecule has 11 heteroatoms. The maximum Gasteiger partial charge on any atom is 0.338 e. The second kappa shape index (κ2) is 9.61. The van der Waals surface area contributed by atoms with Crippen LogP contribution in [0.1, 0.15) is 22.2 Å². The van der Waals surface area contributed by atoms with Gasteiger partial charge >= 0.3 is 5.97 Å². The molecule has 0 saturated carbocycles. The van der Waals surface area contributed by atoms with Gasteiger partial charge in [-0.3, -0.25) is 4.79 Å². The Bertz CT molecular complexity index is 1270. The second-order valence-corrected chi connectivity index (χ2v) is 9.84. The second-order valence-electron chi connectivity index (χ2n) is 7.04. The van der Waals surface area contributed by atoms with Crippen LogP contribution in [0.5, 0.6) is 11.5 Å². The Morgan fingerprint density at radius 3 is 2.70 bits per heavy atom. The van der Waals surface area contributed by atoms with Crippen LogP contribution in [0.2, 0.25) is 0 Å². The fourth-order valence-corrected chi connectivity index (χ4v) is 4.74. The van der Waals surface area contributed by atoms with Crippen molar-refractivity contribution in [3.8, 4) is 11.5 Å². The first kappa shape index (κ1) is 22.8. The summed E-state index contributed by atoms with van der Waals surface area (Å²) in [6.45, 7) is 1.67. The van der Waals surface area contributed by atoms with Gasteiger partial charge in [-0.1, -0.05) is 12.1 Å². The Hall–Kier alpha value is -3.41. The number of rotatable bonds is 8. The van der Waals surface area contributed by atoms with Crippen molar-refractivity contribution in [2.24, 2.45) is 0 Å². The van der Waals surface area contributed by atoms with Crippen LogP contribution in [0, 0.1) is 0 Å². The van der Waals surface area contributed by atoms with Crippen LogP contribution in [0.15, 0.2) is 64.9 Å². The van der Waals surface area contributed by atoms with E-state index >= 15 is 0 Å². The molecule has 0 saturated heterocycles. The highest BCUT2D eigenvalue weighted by Gasteiger charge is 2.22. The molecule has 1 aliphatic heterocycles. The molecule has 2 heterocycles. The van der Waals surface area contributed by atoms with Gasteiger partial charge in [-0.25, -0.2) is 17.9 Å². The van der Waals surface area contributed by atoms with Gasteiger partial charge in [-0.05, 0) is 48.7 Å². The molecule has 1 atom stereocenters. The number of hydrogen-bond acceptors (Lipinski definition) is 8. The zero-order valence-electron chi connectivity index (χ0n) is 17.4. The van der Waals surface area contributed by atoms with Crippen molar-refractivity contribution in [2.45, 2.75) is 24.5 Å². The lowest BCUT2D eigenvalue weighted by atomic mass is 10.2. The van der Waals surface area contributed by atoms with Gasteiger partial charge < -0.3 is 19.5 Å². The number of carbonyl (C=O) groups excluding carboxylic acids is 2. The summed E-state index contributed by atoms with van der Waals surface area (Å²) in [5.74, 6) is -0.294. The van der Waals surface area contributed by atoms with E-state index in [1.54, 1.807) is 18.2 Å². The molecule has 0 fully saturated rings. The van der Waals surface area contributed by atoms with Gasteiger partial charge in [0.15, 0.2) is 17.6 Å². The molecule has 0 bridgehead atoms. The average Bonchev–Trinajstić information content (AvgIpc) is 3.49. The molecule has 1 amide bonds. The lowest BCUT2D eigenvalue weighted by Crippen LogP contribution is -2.30. The van der Waals surface area contributed by atoms with Crippen LogP contribution < -0.4 is 19.5 Å². The summed E-state index contributed by atoms with van der Waals surface area (Å²) in [6.07, 6.45) is -1.12. The van der Waals surface area contributed by atoms with Gasteiger partial charge in [0.1, 0.15) is 0 Å². The Kier molecular flexibility index (Phi) is 6.63. The molecule has 1 unspecified atom stereocenters. The van der Waals surface area contributed by atoms with Crippen molar-refractivity contribution in [1.29, 1.82) is 0 Å². The first-order chi connectivity index (χ1) is 15.8. The zero-order chi connectivity index (χ0) is 23.4. The van der Waals surface area contributed by atoms with E-state index < -0.39 is 28.0 Å². The van der Waals surface area contributed by atoms with E-state index in [0.29, 0.717) is 17.2 Å². The van der Waals surface area contributed by atoms with Gasteiger partial charge in [-0.2, -0.15) is 0 Å². The van der Waals surface area contributed by atoms with Crippen molar-refractivity contribution in [2.75, 3.05) is 12.1 Å². The average molecular weight is 489 g/mol. The van der Waals surface area contributed by atoms with E-state index in [9.17, 15) is 18.0 Å². The quantitative estimate of drug-likeness (QED) is 0.468. The summed E-state index contributed by atoms with van der Waals surface area (Å²) < 4.78 is 43.4. The van der Waals surface area contributed by atoms with Gasteiger partial charge in [0.05, 0.1) is 10.5 Å². The highest BCUT2D eigenvalue weighted by Crippen LogP contribution is 2.34. The Balaban J connectivity index is 1.38. The van der Waals surface area contributed by atoms with Gasteiger partial charge in [-0.15, -0.1) is 11.3 Å². The van der Waals surface area contributed by atoms with Crippen molar-refractivity contribution in [1.82, 2.24) is 4.72 Å². The lowest BCUT2D eigenvalue weighted by Gasteiger charge is -2.14. The van der Waals surface area contributed by atoms with Crippen molar-refractivity contribution < 1.29 is 32.2 Å². The van der Waals surface area contributed by atoms with E-state index in [4.69, 9.17) is 14.2 Å². The summed E-state index contributed by atoms with van der Waals surface area (Å²) >= 11 is 1.43. The first-order valence-electron chi connectivity index (χ1n) is 9.85. The maximum absolute atomic E-state index is 12.6. The predicted molar refractivity (Wildman–Crippen MR) is 121 cm³/mol. The zero-order valence-corrected chi connectivity index (χ0v) is 19.1. The monoisotopic (exact) mass is 488 g/mol. The molecule has 0 aliphatic carbocycles. The summed E-state index contributed by atoms with van der Waals surface area (Å²) in [7, 11) is -3.84. The molecule has 2 N–H and O–H groups in total. The van der Waals surface area contributed by atoms with E-state index in [1.165, 1.54) is 42.5 Å². The van der Waals surface area contributed by atoms with E-state index in [2.05, 4.69) is 10.0 Å². The normalized spacial score (nSPS) is 13.4. The largest absolute Gasteiger partial charge is 0.454 e. The van der Waals surface area contributed by atoms with Crippen LogP contribution in [-0.2, 0) is 26.1 Å². The molecule has 3 aromatic rings. The minimum absolute atomic E-state index is 0.0109. The number of hydrogen-bond donors (Lipinski definition) is 2. The molecular weight excluding hydrogens is 468 g/mol. The van der Waals surface area contributed by atoms with E-state index in [1.807, 2.05) is 17.5 Å². The van der Waals surface area contributed by atoms with E-state index in [0.717, 1.165) is 4.88 Å². The standard InChI is InChI=1S/C22H20N2O7S2/c1-14(21(25)24-16-7-8-19-20(11-16)30-13-29-19)31-22(26)15-4-2-6-18(10-15)33(27,28)23-12-17-5-3-9-32-17/h2-11,14,23H,12-13H2,1H3,(H,24,25). The molecule has 4 rings (SSSR count).